The van der Waals surface area contributed by atoms with Crippen LogP contribution in [-0.2, 0) is 19.6 Å². The van der Waals surface area contributed by atoms with Gasteiger partial charge in [0.2, 0.25) is 10.0 Å². The topological polar surface area (TPSA) is 92.7 Å². The summed E-state index contributed by atoms with van der Waals surface area (Å²) < 4.78 is 31.7. The van der Waals surface area contributed by atoms with Crippen molar-refractivity contribution in [3.05, 3.63) is 29.8 Å². The number of aliphatic hydroxyl groups excluding tert-OH is 1. The van der Waals surface area contributed by atoms with Gasteiger partial charge < -0.3 is 9.84 Å². The average molecular weight is 427 g/mol. The minimum atomic E-state index is -3.80. The number of halogens is 1. The Balaban J connectivity index is 2.89. The molecular formula is C13H18INO5S. The molecule has 0 spiro atoms. The predicted molar refractivity (Wildman–Crippen MR) is 86.8 cm³/mol. The van der Waals surface area contributed by atoms with E-state index in [9.17, 15) is 18.3 Å². The zero-order valence-corrected chi connectivity index (χ0v) is 14.7. The summed E-state index contributed by atoms with van der Waals surface area (Å²) in [6, 6.07) is 5.35. The van der Waals surface area contributed by atoms with E-state index in [-0.39, 0.29) is 15.9 Å². The first-order valence-electron chi connectivity index (χ1n) is 6.31. The van der Waals surface area contributed by atoms with Crippen LogP contribution < -0.4 is 4.72 Å². The maximum Gasteiger partial charge on any atom is 0.336 e. The van der Waals surface area contributed by atoms with Crippen molar-refractivity contribution in [2.75, 3.05) is 11.0 Å². The molecule has 118 valence electrons. The number of rotatable bonds is 7. The Bertz CT molecular complexity index is 573. The number of ether oxygens (including phenoxy) is 1. The fraction of sp³-hybridized carbons (Fsp3) is 0.462. The van der Waals surface area contributed by atoms with E-state index in [1.54, 1.807) is 19.1 Å². The molecule has 21 heavy (non-hydrogen) atoms. The largest absolute Gasteiger partial charge is 0.464 e. The molecule has 0 aliphatic heterocycles. The van der Waals surface area contributed by atoms with Gasteiger partial charge in [-0.2, -0.15) is 0 Å². The van der Waals surface area contributed by atoms with Gasteiger partial charge >= 0.3 is 5.97 Å². The number of hydrogen-bond acceptors (Lipinski definition) is 5. The van der Waals surface area contributed by atoms with Crippen molar-refractivity contribution in [2.45, 2.75) is 30.9 Å². The summed E-state index contributed by atoms with van der Waals surface area (Å²) in [4.78, 5) is 11.6. The second-order valence-electron chi connectivity index (χ2n) is 4.39. The number of aryl methyl sites for hydroxylation is 1. The molecule has 1 aromatic rings. The summed E-state index contributed by atoms with van der Waals surface area (Å²) in [6.07, 6.45) is -1.54. The number of esters is 1. The lowest BCUT2D eigenvalue weighted by Gasteiger charge is -2.20. The summed E-state index contributed by atoms with van der Waals surface area (Å²) in [5.74, 6) is -0.842. The Labute approximate surface area is 138 Å². The first-order valence-corrected chi connectivity index (χ1v) is 9.32. The molecule has 0 saturated carbocycles. The number of benzene rings is 1. The number of hydrogen-bond donors (Lipinski definition) is 2. The zero-order valence-electron chi connectivity index (χ0n) is 11.7. The molecule has 0 saturated heterocycles. The van der Waals surface area contributed by atoms with Crippen molar-refractivity contribution in [3.8, 4) is 0 Å². The van der Waals surface area contributed by atoms with Crippen LogP contribution in [-0.4, -0.2) is 42.7 Å². The molecular weight excluding hydrogens is 409 g/mol. The molecule has 0 aromatic heterocycles. The third-order valence-electron chi connectivity index (χ3n) is 2.71. The summed E-state index contributed by atoms with van der Waals surface area (Å²) in [6.45, 7) is 3.58. The highest BCUT2D eigenvalue weighted by Gasteiger charge is 2.30. The van der Waals surface area contributed by atoms with Crippen LogP contribution in [0.5, 0.6) is 0 Å². The second-order valence-corrected chi connectivity index (χ2v) is 6.99. The Morgan fingerprint density at radius 1 is 1.38 bits per heavy atom. The van der Waals surface area contributed by atoms with Crippen LogP contribution in [0, 0.1) is 6.92 Å². The van der Waals surface area contributed by atoms with E-state index in [2.05, 4.69) is 4.72 Å². The minimum Gasteiger partial charge on any atom is -0.464 e. The van der Waals surface area contributed by atoms with Crippen molar-refractivity contribution >= 4 is 38.6 Å². The predicted octanol–water partition coefficient (Wildman–Crippen LogP) is 1.00. The first kappa shape index (κ1) is 18.3. The Kier molecular flexibility index (Phi) is 7.04. The second kappa shape index (κ2) is 8.06. The summed E-state index contributed by atoms with van der Waals surface area (Å²) in [5.41, 5.74) is 0.936. The third-order valence-corrected chi connectivity index (χ3v) is 5.17. The maximum atomic E-state index is 12.2. The van der Waals surface area contributed by atoms with E-state index in [1.165, 1.54) is 12.1 Å². The summed E-state index contributed by atoms with van der Waals surface area (Å²) >= 11 is 1.90. The lowest BCUT2D eigenvalue weighted by molar-refractivity contribution is -0.153. The molecule has 0 aliphatic carbocycles. The molecule has 8 heteroatoms. The molecule has 0 heterocycles. The summed E-state index contributed by atoms with van der Waals surface area (Å²) in [7, 11) is -3.80. The average Bonchev–Trinajstić information content (AvgIpc) is 2.44. The van der Waals surface area contributed by atoms with Crippen LogP contribution in [0.3, 0.4) is 0 Å². The van der Waals surface area contributed by atoms with Gasteiger partial charge in [-0.25, -0.2) is 17.9 Å². The molecule has 0 unspecified atom stereocenters. The highest BCUT2D eigenvalue weighted by molar-refractivity contribution is 14.1. The van der Waals surface area contributed by atoms with E-state index in [4.69, 9.17) is 4.74 Å². The van der Waals surface area contributed by atoms with Gasteiger partial charge in [0.05, 0.1) is 17.5 Å². The van der Waals surface area contributed by atoms with Crippen molar-refractivity contribution in [1.82, 2.24) is 4.72 Å². The van der Waals surface area contributed by atoms with Crippen LogP contribution in [0.25, 0.3) is 0 Å². The van der Waals surface area contributed by atoms with E-state index in [0.717, 1.165) is 5.56 Å². The van der Waals surface area contributed by atoms with Crippen LogP contribution in [0.4, 0.5) is 0 Å². The van der Waals surface area contributed by atoms with Gasteiger partial charge in [0.1, 0.15) is 0 Å². The fourth-order valence-corrected chi connectivity index (χ4v) is 3.80. The highest BCUT2D eigenvalue weighted by Crippen LogP contribution is 2.12. The van der Waals surface area contributed by atoms with Gasteiger partial charge in [-0.15, -0.1) is 0 Å². The van der Waals surface area contributed by atoms with Crippen molar-refractivity contribution in [2.24, 2.45) is 0 Å². The molecule has 0 radical (unpaired) electrons. The molecule has 0 fully saturated rings. The molecule has 0 amide bonds. The molecule has 6 nitrogen and oxygen atoms in total. The fourth-order valence-electron chi connectivity index (χ4n) is 1.56. The minimum absolute atomic E-state index is 0.0824. The Morgan fingerprint density at radius 3 is 2.43 bits per heavy atom. The van der Waals surface area contributed by atoms with Crippen LogP contribution in [0.2, 0.25) is 0 Å². The molecule has 2 N–H and O–H groups in total. The molecule has 1 aromatic carbocycles. The third kappa shape index (κ3) is 5.20. The van der Waals surface area contributed by atoms with Gasteiger partial charge in [-0.05, 0) is 26.0 Å². The SMILES string of the molecule is CCOC(=O)[C@@H](O)[C@@H](CI)NS(=O)(=O)c1ccc(C)cc1. The molecule has 2 atom stereocenters. The van der Waals surface area contributed by atoms with Gasteiger partial charge in [0.15, 0.2) is 6.10 Å². The number of sulfonamides is 1. The van der Waals surface area contributed by atoms with E-state index in [0.29, 0.717) is 0 Å². The van der Waals surface area contributed by atoms with Crippen molar-refractivity contribution in [3.63, 3.8) is 0 Å². The zero-order chi connectivity index (χ0) is 16.0. The van der Waals surface area contributed by atoms with Crippen molar-refractivity contribution in [1.29, 1.82) is 0 Å². The lowest BCUT2D eigenvalue weighted by atomic mass is 10.2. The smallest absolute Gasteiger partial charge is 0.336 e. The first-order chi connectivity index (χ1) is 9.81. The van der Waals surface area contributed by atoms with Gasteiger partial charge in [-0.1, -0.05) is 40.3 Å². The van der Waals surface area contributed by atoms with Crippen LogP contribution >= 0.6 is 22.6 Å². The number of carbonyl (C=O) groups is 1. The maximum absolute atomic E-state index is 12.2. The highest BCUT2D eigenvalue weighted by atomic mass is 127. The molecule has 0 aliphatic rings. The summed E-state index contributed by atoms with van der Waals surface area (Å²) in [5, 5.41) is 9.86. The van der Waals surface area contributed by atoms with Crippen LogP contribution in [0.1, 0.15) is 12.5 Å². The molecule has 0 bridgehead atoms. The quantitative estimate of drug-likeness (QED) is 0.385. The monoisotopic (exact) mass is 427 g/mol. The Morgan fingerprint density at radius 2 is 1.95 bits per heavy atom. The van der Waals surface area contributed by atoms with Crippen molar-refractivity contribution < 1.29 is 23.1 Å². The van der Waals surface area contributed by atoms with Gasteiger partial charge in [0.25, 0.3) is 0 Å². The number of nitrogens with one attached hydrogen (secondary N) is 1. The number of aliphatic hydroxyl groups is 1. The lowest BCUT2D eigenvalue weighted by Crippen LogP contribution is -2.48. The van der Waals surface area contributed by atoms with E-state index in [1.807, 2.05) is 29.5 Å². The number of alkyl halides is 1. The normalized spacial score (nSPS) is 14.5. The van der Waals surface area contributed by atoms with E-state index >= 15 is 0 Å². The number of carbonyl (C=O) groups excluding carboxylic acids is 1. The standard InChI is InChI=1S/C13H18INO5S/c1-3-20-13(17)12(16)11(8-14)15-21(18,19)10-6-4-9(2)5-7-10/h4-7,11-12,15-16H,3,8H2,1-2H3/t11-,12+/m1/s1. The van der Waals surface area contributed by atoms with E-state index < -0.39 is 28.1 Å². The van der Waals surface area contributed by atoms with Crippen LogP contribution in [0.15, 0.2) is 29.2 Å². The molecule has 1 rings (SSSR count). The van der Waals surface area contributed by atoms with Gasteiger partial charge in [0, 0.05) is 4.43 Å². The Hall–Kier alpha value is -0.710. The van der Waals surface area contributed by atoms with Gasteiger partial charge in [-0.3, -0.25) is 0 Å².